The van der Waals surface area contributed by atoms with Crippen LogP contribution in [0.4, 0.5) is 17.6 Å². The molecule has 1 aliphatic rings. The maximum absolute atomic E-state index is 14.5. The van der Waals surface area contributed by atoms with Crippen molar-refractivity contribution < 1.29 is 22.3 Å². The van der Waals surface area contributed by atoms with Crippen LogP contribution in [0.3, 0.4) is 0 Å². The van der Waals surface area contributed by atoms with Gasteiger partial charge in [0.25, 0.3) is 0 Å². The summed E-state index contributed by atoms with van der Waals surface area (Å²) >= 11 is 0. The third-order valence-electron chi connectivity index (χ3n) is 6.02. The lowest BCUT2D eigenvalue weighted by molar-refractivity contribution is -0.183. The second kappa shape index (κ2) is 8.72. The molecule has 11 heteroatoms. The first kappa shape index (κ1) is 23.4. The number of alkyl halides is 3. The number of nitrogens with two attached hydrogens (primary N) is 1. The topological polar surface area (TPSA) is 81.6 Å². The predicted octanol–water partition coefficient (Wildman–Crippen LogP) is 4.51. The number of rotatable bonds is 5. The van der Waals surface area contributed by atoms with E-state index < -0.39 is 18.0 Å². The van der Waals surface area contributed by atoms with Crippen LogP contribution in [0.5, 0.6) is 5.75 Å². The quantitative estimate of drug-likeness (QED) is 0.417. The van der Waals surface area contributed by atoms with Crippen LogP contribution in [0.2, 0.25) is 0 Å². The summed E-state index contributed by atoms with van der Waals surface area (Å²) in [7, 11) is 0. The average molecular weight is 488 g/mol. The van der Waals surface area contributed by atoms with E-state index >= 15 is 0 Å². The summed E-state index contributed by atoms with van der Waals surface area (Å²) in [4.78, 5) is 5.90. The number of benzene rings is 1. The van der Waals surface area contributed by atoms with Gasteiger partial charge in [-0.05, 0) is 50.1 Å². The standard InChI is InChI=1S/C24H24F4N6O/c1-13(2)35-21-17(25)6-3-14-4-7-18(30-20(14)21)23-32-31-19-8-5-15(11-34(19)23)22(24(26,27)28)33-10-9-16(29)12-33/h3-8,11,13,16,22H,9-10,12,29H2,1-2H3. The van der Waals surface area contributed by atoms with Crippen molar-refractivity contribution in [3.8, 4) is 17.3 Å². The fourth-order valence-corrected chi connectivity index (χ4v) is 4.51. The van der Waals surface area contributed by atoms with Gasteiger partial charge in [0.15, 0.2) is 23.0 Å². The highest BCUT2D eigenvalue weighted by Crippen LogP contribution is 2.39. The summed E-state index contributed by atoms with van der Waals surface area (Å²) in [6.45, 7) is 3.97. The van der Waals surface area contributed by atoms with E-state index in [1.165, 1.54) is 33.7 Å². The minimum Gasteiger partial charge on any atom is -0.486 e. The summed E-state index contributed by atoms with van der Waals surface area (Å²) in [5, 5.41) is 8.90. The number of pyridine rings is 2. The van der Waals surface area contributed by atoms with E-state index in [0.717, 1.165) is 0 Å². The fourth-order valence-electron chi connectivity index (χ4n) is 4.51. The van der Waals surface area contributed by atoms with E-state index in [1.807, 2.05) is 0 Å². The van der Waals surface area contributed by atoms with Gasteiger partial charge >= 0.3 is 6.18 Å². The molecule has 4 aromatic rings. The number of aromatic nitrogens is 4. The highest BCUT2D eigenvalue weighted by atomic mass is 19.4. The molecule has 2 unspecified atom stereocenters. The Morgan fingerprint density at radius 3 is 2.54 bits per heavy atom. The van der Waals surface area contributed by atoms with E-state index in [4.69, 9.17) is 10.5 Å². The molecule has 1 aliphatic heterocycles. The number of ether oxygens (including phenoxy) is 1. The zero-order valence-corrected chi connectivity index (χ0v) is 19.1. The van der Waals surface area contributed by atoms with Crippen LogP contribution in [-0.4, -0.2) is 55.9 Å². The SMILES string of the molecule is CC(C)Oc1c(F)ccc2ccc(-c3nnc4ccc(C(N5CCC(N)C5)C(F)(F)F)cn34)nc12. The molecule has 0 spiro atoms. The van der Waals surface area contributed by atoms with Crippen molar-refractivity contribution in [2.75, 3.05) is 13.1 Å². The smallest absolute Gasteiger partial charge is 0.408 e. The van der Waals surface area contributed by atoms with Crippen molar-refractivity contribution in [2.24, 2.45) is 5.73 Å². The molecule has 3 aromatic heterocycles. The molecule has 0 aliphatic carbocycles. The molecular formula is C24H24F4N6O. The molecule has 0 amide bonds. The van der Waals surface area contributed by atoms with Crippen molar-refractivity contribution in [3.63, 3.8) is 0 Å². The molecule has 184 valence electrons. The maximum Gasteiger partial charge on any atom is 0.408 e. The number of fused-ring (bicyclic) bond motifs is 2. The van der Waals surface area contributed by atoms with Crippen LogP contribution >= 0.6 is 0 Å². The Bertz CT molecular complexity index is 1390. The zero-order valence-electron chi connectivity index (χ0n) is 19.1. The normalized spacial score (nSPS) is 18.1. The van der Waals surface area contributed by atoms with Crippen LogP contribution in [0, 0.1) is 5.82 Å². The minimum absolute atomic E-state index is 0.0105. The van der Waals surface area contributed by atoms with Gasteiger partial charge in [0.1, 0.15) is 17.3 Å². The van der Waals surface area contributed by atoms with Gasteiger partial charge in [-0.3, -0.25) is 9.30 Å². The van der Waals surface area contributed by atoms with E-state index in [1.54, 1.807) is 32.0 Å². The van der Waals surface area contributed by atoms with Gasteiger partial charge in [0.2, 0.25) is 0 Å². The Hall–Kier alpha value is -3.31. The lowest BCUT2D eigenvalue weighted by Crippen LogP contribution is -2.38. The van der Waals surface area contributed by atoms with Crippen LogP contribution in [0.25, 0.3) is 28.1 Å². The molecule has 1 saturated heterocycles. The molecular weight excluding hydrogens is 464 g/mol. The van der Waals surface area contributed by atoms with Crippen molar-refractivity contribution >= 4 is 16.6 Å². The predicted molar refractivity (Wildman–Crippen MR) is 122 cm³/mol. The lowest BCUT2D eigenvalue weighted by atomic mass is 10.1. The maximum atomic E-state index is 14.5. The monoisotopic (exact) mass is 488 g/mol. The second-order valence-electron chi connectivity index (χ2n) is 9.01. The highest BCUT2D eigenvalue weighted by molar-refractivity contribution is 5.86. The lowest BCUT2D eigenvalue weighted by Gasteiger charge is -2.30. The Balaban J connectivity index is 1.62. The first-order valence-corrected chi connectivity index (χ1v) is 11.3. The summed E-state index contributed by atoms with van der Waals surface area (Å²) in [5.41, 5.74) is 6.91. The van der Waals surface area contributed by atoms with Gasteiger partial charge in [-0.25, -0.2) is 9.37 Å². The molecule has 7 nitrogen and oxygen atoms in total. The third-order valence-corrected chi connectivity index (χ3v) is 6.02. The highest BCUT2D eigenvalue weighted by Gasteiger charge is 2.46. The summed E-state index contributed by atoms with van der Waals surface area (Å²) in [6.07, 6.45) is -2.89. The van der Waals surface area contributed by atoms with E-state index in [2.05, 4.69) is 15.2 Å². The zero-order chi connectivity index (χ0) is 24.9. The molecule has 35 heavy (non-hydrogen) atoms. The van der Waals surface area contributed by atoms with Crippen LogP contribution in [0.15, 0.2) is 42.6 Å². The van der Waals surface area contributed by atoms with Gasteiger partial charge in [-0.1, -0.05) is 12.1 Å². The van der Waals surface area contributed by atoms with Crippen LogP contribution in [-0.2, 0) is 0 Å². The van der Waals surface area contributed by atoms with Gasteiger partial charge in [0, 0.05) is 30.7 Å². The molecule has 1 aromatic carbocycles. The third kappa shape index (κ3) is 4.41. The summed E-state index contributed by atoms with van der Waals surface area (Å²) in [5.74, 6) is -0.306. The number of likely N-dealkylation sites (tertiary alicyclic amines) is 1. The van der Waals surface area contributed by atoms with Crippen molar-refractivity contribution in [3.05, 3.63) is 54.0 Å². The van der Waals surface area contributed by atoms with Crippen molar-refractivity contribution in [2.45, 2.75) is 44.6 Å². The van der Waals surface area contributed by atoms with E-state index in [9.17, 15) is 17.6 Å². The molecule has 0 bridgehead atoms. The molecule has 1 fully saturated rings. The van der Waals surface area contributed by atoms with Gasteiger partial charge in [-0.15, -0.1) is 10.2 Å². The summed E-state index contributed by atoms with van der Waals surface area (Å²) < 4.78 is 64.0. The molecule has 4 heterocycles. The Morgan fingerprint density at radius 1 is 1.09 bits per heavy atom. The minimum atomic E-state index is -4.49. The van der Waals surface area contributed by atoms with Crippen molar-refractivity contribution in [1.82, 2.24) is 24.5 Å². The molecule has 0 saturated carbocycles. The Kier molecular flexibility index (Phi) is 5.84. The van der Waals surface area contributed by atoms with Crippen LogP contribution in [0.1, 0.15) is 31.9 Å². The Morgan fingerprint density at radius 2 is 1.86 bits per heavy atom. The van der Waals surface area contributed by atoms with Crippen LogP contribution < -0.4 is 10.5 Å². The first-order valence-electron chi connectivity index (χ1n) is 11.3. The second-order valence-corrected chi connectivity index (χ2v) is 9.01. The fraction of sp³-hybridized carbons (Fsp3) is 0.375. The average Bonchev–Trinajstić information content (AvgIpc) is 3.40. The number of hydrogen-bond acceptors (Lipinski definition) is 6. The van der Waals surface area contributed by atoms with Gasteiger partial charge in [0.05, 0.1) is 6.10 Å². The molecule has 0 radical (unpaired) electrons. The van der Waals surface area contributed by atoms with E-state index in [-0.39, 0.29) is 42.4 Å². The molecule has 2 N–H and O–H groups in total. The number of hydrogen-bond donors (Lipinski definition) is 1. The van der Waals surface area contributed by atoms with Crippen molar-refractivity contribution in [1.29, 1.82) is 0 Å². The molecule has 5 rings (SSSR count). The largest absolute Gasteiger partial charge is 0.486 e. The summed E-state index contributed by atoms with van der Waals surface area (Å²) in [6, 6.07) is 7.11. The van der Waals surface area contributed by atoms with Gasteiger partial charge < -0.3 is 10.5 Å². The number of halogens is 4. The van der Waals surface area contributed by atoms with Gasteiger partial charge in [-0.2, -0.15) is 13.2 Å². The van der Waals surface area contributed by atoms with E-state index in [0.29, 0.717) is 28.7 Å². The number of nitrogens with zero attached hydrogens (tertiary/aromatic N) is 5. The molecule has 2 atom stereocenters. The Labute approximate surface area is 198 Å². The first-order chi connectivity index (χ1) is 16.6.